The summed E-state index contributed by atoms with van der Waals surface area (Å²) < 4.78 is 13.6. The minimum atomic E-state index is -0.106. The normalized spacial score (nSPS) is 11.4. The quantitative estimate of drug-likeness (QED) is 0.686. The van der Waals surface area contributed by atoms with Gasteiger partial charge in [-0.05, 0) is 18.1 Å². The highest BCUT2D eigenvalue weighted by molar-refractivity contribution is 5.81. The van der Waals surface area contributed by atoms with Crippen LogP contribution in [0.15, 0.2) is 24.3 Å². The van der Waals surface area contributed by atoms with E-state index < -0.39 is 0 Å². The SMILES string of the molecule is CC(C)c1[nH]c2ccccc2c1F. The molecule has 68 valence electrons. The smallest absolute Gasteiger partial charge is 0.151 e. The summed E-state index contributed by atoms with van der Waals surface area (Å²) >= 11 is 0. The van der Waals surface area contributed by atoms with E-state index in [-0.39, 0.29) is 11.7 Å². The van der Waals surface area contributed by atoms with Crippen molar-refractivity contribution in [3.05, 3.63) is 35.8 Å². The van der Waals surface area contributed by atoms with Crippen LogP contribution in [0.4, 0.5) is 4.39 Å². The third-order valence-corrected chi connectivity index (χ3v) is 2.25. The second-order valence-electron chi connectivity index (χ2n) is 3.55. The fraction of sp³-hybridized carbons (Fsp3) is 0.273. The molecular formula is C11H12FN. The fourth-order valence-electron chi connectivity index (χ4n) is 1.53. The molecule has 0 atom stereocenters. The van der Waals surface area contributed by atoms with Crippen LogP contribution in [0.25, 0.3) is 10.9 Å². The summed E-state index contributed by atoms with van der Waals surface area (Å²) in [5.74, 6) is 0.0954. The number of benzene rings is 1. The van der Waals surface area contributed by atoms with E-state index in [1.807, 2.05) is 32.0 Å². The van der Waals surface area contributed by atoms with Gasteiger partial charge in [-0.3, -0.25) is 0 Å². The maximum atomic E-state index is 13.6. The first-order valence-electron chi connectivity index (χ1n) is 4.46. The Morgan fingerprint density at radius 1 is 1.23 bits per heavy atom. The van der Waals surface area contributed by atoms with Crippen LogP contribution in [0.2, 0.25) is 0 Å². The molecule has 0 amide bonds. The average molecular weight is 177 g/mol. The minimum Gasteiger partial charge on any atom is -0.356 e. The fourth-order valence-corrected chi connectivity index (χ4v) is 1.53. The summed E-state index contributed by atoms with van der Waals surface area (Å²) in [7, 11) is 0. The van der Waals surface area contributed by atoms with Crippen molar-refractivity contribution in [2.75, 3.05) is 0 Å². The van der Waals surface area contributed by atoms with Crippen LogP contribution in [0.1, 0.15) is 25.5 Å². The zero-order valence-electron chi connectivity index (χ0n) is 7.76. The van der Waals surface area contributed by atoms with Gasteiger partial charge in [0.15, 0.2) is 5.82 Å². The Morgan fingerprint density at radius 3 is 2.54 bits per heavy atom. The number of para-hydroxylation sites is 1. The molecule has 0 saturated carbocycles. The lowest BCUT2D eigenvalue weighted by atomic mass is 10.1. The molecule has 1 nitrogen and oxygen atoms in total. The number of H-pyrrole nitrogens is 1. The van der Waals surface area contributed by atoms with Crippen LogP contribution in [-0.2, 0) is 0 Å². The first-order chi connectivity index (χ1) is 6.20. The Hall–Kier alpha value is -1.31. The third kappa shape index (κ3) is 1.22. The Balaban J connectivity index is 2.74. The second-order valence-corrected chi connectivity index (χ2v) is 3.55. The van der Waals surface area contributed by atoms with Crippen molar-refractivity contribution < 1.29 is 4.39 Å². The van der Waals surface area contributed by atoms with Gasteiger partial charge in [0.2, 0.25) is 0 Å². The van der Waals surface area contributed by atoms with E-state index in [0.717, 1.165) is 5.52 Å². The van der Waals surface area contributed by atoms with Gasteiger partial charge in [-0.1, -0.05) is 26.0 Å². The van der Waals surface area contributed by atoms with E-state index in [4.69, 9.17) is 0 Å². The minimum absolute atomic E-state index is 0.106. The van der Waals surface area contributed by atoms with E-state index in [2.05, 4.69) is 4.98 Å². The average Bonchev–Trinajstić information content (AvgIpc) is 2.45. The molecule has 1 aromatic heterocycles. The topological polar surface area (TPSA) is 15.8 Å². The highest BCUT2D eigenvalue weighted by Crippen LogP contribution is 2.25. The molecule has 0 radical (unpaired) electrons. The van der Waals surface area contributed by atoms with Gasteiger partial charge >= 0.3 is 0 Å². The number of fused-ring (bicyclic) bond motifs is 1. The van der Waals surface area contributed by atoms with E-state index in [1.165, 1.54) is 0 Å². The van der Waals surface area contributed by atoms with Gasteiger partial charge in [-0.25, -0.2) is 4.39 Å². The molecule has 0 unspecified atom stereocenters. The van der Waals surface area contributed by atoms with Gasteiger partial charge in [0, 0.05) is 10.9 Å². The molecule has 13 heavy (non-hydrogen) atoms. The number of hydrogen-bond acceptors (Lipinski definition) is 0. The maximum Gasteiger partial charge on any atom is 0.151 e. The van der Waals surface area contributed by atoms with Crippen molar-refractivity contribution in [3.8, 4) is 0 Å². The predicted octanol–water partition coefficient (Wildman–Crippen LogP) is 3.43. The maximum absolute atomic E-state index is 13.6. The molecule has 0 aliphatic rings. The molecule has 2 heteroatoms. The van der Waals surface area contributed by atoms with Crippen molar-refractivity contribution in [3.63, 3.8) is 0 Å². The number of aromatic amines is 1. The number of aromatic nitrogens is 1. The van der Waals surface area contributed by atoms with Crippen molar-refractivity contribution >= 4 is 10.9 Å². The molecule has 1 heterocycles. The third-order valence-electron chi connectivity index (χ3n) is 2.25. The van der Waals surface area contributed by atoms with Gasteiger partial charge < -0.3 is 4.98 Å². The second kappa shape index (κ2) is 2.87. The Bertz CT molecular complexity index is 429. The molecule has 0 aliphatic carbocycles. The summed E-state index contributed by atoms with van der Waals surface area (Å²) in [6.07, 6.45) is 0. The zero-order chi connectivity index (χ0) is 9.42. The Labute approximate surface area is 76.6 Å². The van der Waals surface area contributed by atoms with Gasteiger partial charge in [0.1, 0.15) is 0 Å². The van der Waals surface area contributed by atoms with Crippen LogP contribution in [0, 0.1) is 5.82 Å². The van der Waals surface area contributed by atoms with Gasteiger partial charge in [0.25, 0.3) is 0 Å². The molecular weight excluding hydrogens is 165 g/mol. The molecule has 0 saturated heterocycles. The van der Waals surface area contributed by atoms with Gasteiger partial charge in [-0.2, -0.15) is 0 Å². The zero-order valence-corrected chi connectivity index (χ0v) is 7.76. The Morgan fingerprint density at radius 2 is 1.92 bits per heavy atom. The van der Waals surface area contributed by atoms with E-state index in [9.17, 15) is 4.39 Å². The summed E-state index contributed by atoms with van der Waals surface area (Å²) in [6, 6.07) is 7.45. The van der Waals surface area contributed by atoms with Crippen LogP contribution < -0.4 is 0 Å². The first kappa shape index (κ1) is 8.30. The highest BCUT2D eigenvalue weighted by atomic mass is 19.1. The summed E-state index contributed by atoms with van der Waals surface area (Å²) in [5, 5.41) is 0.686. The molecule has 0 spiro atoms. The van der Waals surface area contributed by atoms with Crippen molar-refractivity contribution in [2.24, 2.45) is 0 Å². The number of hydrogen-bond donors (Lipinski definition) is 1. The lowest BCUT2D eigenvalue weighted by molar-refractivity contribution is 0.605. The van der Waals surface area contributed by atoms with Crippen molar-refractivity contribution in [2.45, 2.75) is 19.8 Å². The lowest BCUT2D eigenvalue weighted by Crippen LogP contribution is -1.89. The standard InChI is InChI=1S/C11H12FN/c1-7(2)11-10(12)8-5-3-4-6-9(8)13-11/h3-7,13H,1-2H3. The Kier molecular flexibility index (Phi) is 1.83. The van der Waals surface area contributed by atoms with Gasteiger partial charge in [-0.15, -0.1) is 0 Å². The monoisotopic (exact) mass is 177 g/mol. The summed E-state index contributed by atoms with van der Waals surface area (Å²) in [4.78, 5) is 3.09. The van der Waals surface area contributed by atoms with Crippen molar-refractivity contribution in [1.82, 2.24) is 4.98 Å². The van der Waals surface area contributed by atoms with E-state index >= 15 is 0 Å². The van der Waals surface area contributed by atoms with E-state index in [1.54, 1.807) is 6.07 Å². The molecule has 0 bridgehead atoms. The van der Waals surface area contributed by atoms with Crippen molar-refractivity contribution in [1.29, 1.82) is 0 Å². The van der Waals surface area contributed by atoms with Crippen LogP contribution in [0.3, 0.4) is 0 Å². The summed E-state index contributed by atoms with van der Waals surface area (Å²) in [5.41, 5.74) is 1.57. The molecule has 1 aromatic carbocycles. The van der Waals surface area contributed by atoms with Crippen LogP contribution in [0.5, 0.6) is 0 Å². The van der Waals surface area contributed by atoms with Crippen LogP contribution in [-0.4, -0.2) is 4.98 Å². The lowest BCUT2D eigenvalue weighted by Gasteiger charge is -1.99. The molecule has 0 fully saturated rings. The number of nitrogens with one attached hydrogen (secondary N) is 1. The van der Waals surface area contributed by atoms with E-state index in [0.29, 0.717) is 11.1 Å². The molecule has 2 aromatic rings. The number of rotatable bonds is 1. The predicted molar refractivity (Wildman–Crippen MR) is 52.3 cm³/mol. The molecule has 2 rings (SSSR count). The first-order valence-corrected chi connectivity index (χ1v) is 4.46. The van der Waals surface area contributed by atoms with Crippen LogP contribution >= 0.6 is 0 Å². The van der Waals surface area contributed by atoms with Gasteiger partial charge in [0.05, 0.1) is 5.69 Å². The largest absolute Gasteiger partial charge is 0.356 e. The highest BCUT2D eigenvalue weighted by Gasteiger charge is 2.12. The molecule has 0 aliphatic heterocycles. The molecule has 1 N–H and O–H groups in total. The number of halogens is 1. The summed E-state index contributed by atoms with van der Waals surface area (Å²) in [6.45, 7) is 3.96.